The lowest BCUT2D eigenvalue weighted by atomic mass is 9.86. The molecule has 0 radical (unpaired) electrons. The average molecular weight is 274 g/mol. The Morgan fingerprint density at radius 3 is 2.60 bits per heavy atom. The molecule has 2 rings (SSSR count). The summed E-state index contributed by atoms with van der Waals surface area (Å²) in [5, 5.41) is 4.52. The maximum Gasteiger partial charge on any atom is 0.133 e. The summed E-state index contributed by atoms with van der Waals surface area (Å²) in [7, 11) is 4.18. The van der Waals surface area contributed by atoms with Gasteiger partial charge in [0.15, 0.2) is 0 Å². The third-order valence-corrected chi connectivity index (χ3v) is 4.15. The molecule has 3 heteroatoms. The number of benzene rings is 1. The van der Waals surface area contributed by atoms with Crippen molar-refractivity contribution in [2.45, 2.75) is 38.6 Å². The number of hydrogen-bond acceptors (Lipinski definition) is 3. The van der Waals surface area contributed by atoms with Crippen molar-refractivity contribution in [2.75, 3.05) is 20.6 Å². The number of nitrogens with zero attached hydrogens (tertiary/aromatic N) is 2. The molecule has 1 fully saturated rings. The number of Topliss-reactive ketones (excluding diaryl/α,β-unsaturated/α-hetero) is 1. The first kappa shape index (κ1) is 15.2. The predicted octanol–water partition coefficient (Wildman–Crippen LogP) is 3.11. The third-order valence-electron chi connectivity index (χ3n) is 4.15. The minimum absolute atomic E-state index is 0.459. The SMILES string of the molecule is CN(C)N(CCC1CCCC(=O)C1)Cc1ccccc1. The summed E-state index contributed by atoms with van der Waals surface area (Å²) in [6, 6.07) is 10.6. The lowest BCUT2D eigenvalue weighted by Gasteiger charge is -2.31. The molecule has 0 heterocycles. The van der Waals surface area contributed by atoms with E-state index in [1.54, 1.807) is 0 Å². The molecule has 1 unspecified atom stereocenters. The topological polar surface area (TPSA) is 23.6 Å². The Hall–Kier alpha value is -1.19. The second-order valence-electron chi connectivity index (χ2n) is 6.01. The van der Waals surface area contributed by atoms with Crippen molar-refractivity contribution in [3.05, 3.63) is 35.9 Å². The third kappa shape index (κ3) is 4.73. The maximum atomic E-state index is 11.5. The van der Waals surface area contributed by atoms with Crippen LogP contribution in [0.5, 0.6) is 0 Å². The van der Waals surface area contributed by atoms with Gasteiger partial charge in [-0.05, 0) is 30.7 Å². The zero-order chi connectivity index (χ0) is 14.4. The van der Waals surface area contributed by atoms with Crippen molar-refractivity contribution in [2.24, 2.45) is 5.92 Å². The van der Waals surface area contributed by atoms with E-state index in [4.69, 9.17) is 0 Å². The van der Waals surface area contributed by atoms with Gasteiger partial charge >= 0.3 is 0 Å². The zero-order valence-corrected chi connectivity index (χ0v) is 12.7. The predicted molar refractivity (Wildman–Crippen MR) is 82.1 cm³/mol. The molecule has 1 aliphatic rings. The molecule has 3 nitrogen and oxygen atoms in total. The molecule has 0 saturated heterocycles. The Morgan fingerprint density at radius 2 is 1.95 bits per heavy atom. The van der Waals surface area contributed by atoms with Crippen molar-refractivity contribution in [1.82, 2.24) is 10.0 Å². The van der Waals surface area contributed by atoms with Crippen molar-refractivity contribution < 1.29 is 4.79 Å². The Balaban J connectivity index is 1.84. The Morgan fingerprint density at radius 1 is 1.20 bits per heavy atom. The first-order valence-electron chi connectivity index (χ1n) is 7.63. The van der Waals surface area contributed by atoms with Crippen LogP contribution in [0.25, 0.3) is 0 Å². The van der Waals surface area contributed by atoms with Crippen molar-refractivity contribution in [3.8, 4) is 0 Å². The smallest absolute Gasteiger partial charge is 0.133 e. The van der Waals surface area contributed by atoms with Gasteiger partial charge in [-0.25, -0.2) is 10.0 Å². The molecule has 0 aliphatic heterocycles. The average Bonchev–Trinajstić information content (AvgIpc) is 2.44. The summed E-state index contributed by atoms with van der Waals surface area (Å²) in [6.45, 7) is 1.97. The standard InChI is InChI=1S/C17H26N2O/c1-18(2)19(14-16-7-4-3-5-8-16)12-11-15-9-6-10-17(20)13-15/h3-5,7-8,15H,6,9-14H2,1-2H3. The van der Waals surface area contributed by atoms with Gasteiger partial charge in [-0.1, -0.05) is 30.3 Å². The minimum Gasteiger partial charge on any atom is -0.300 e. The lowest BCUT2D eigenvalue weighted by molar-refractivity contribution is -0.121. The van der Waals surface area contributed by atoms with Crippen LogP contribution >= 0.6 is 0 Å². The Kier molecular flexibility index (Phi) is 5.74. The van der Waals surface area contributed by atoms with Gasteiger partial charge < -0.3 is 0 Å². The summed E-state index contributed by atoms with van der Waals surface area (Å²) in [4.78, 5) is 11.5. The Bertz CT molecular complexity index is 416. The highest BCUT2D eigenvalue weighted by atomic mass is 16.1. The molecular formula is C17H26N2O. The molecule has 1 atom stereocenters. The maximum absolute atomic E-state index is 11.5. The van der Waals surface area contributed by atoms with Crippen molar-refractivity contribution >= 4 is 5.78 Å². The van der Waals surface area contributed by atoms with E-state index in [1.807, 2.05) is 0 Å². The molecule has 1 aromatic rings. The van der Waals surface area contributed by atoms with E-state index in [2.05, 4.69) is 54.4 Å². The molecule has 1 aromatic carbocycles. The summed E-state index contributed by atoms with van der Waals surface area (Å²) < 4.78 is 0. The fraction of sp³-hybridized carbons (Fsp3) is 0.588. The first-order valence-corrected chi connectivity index (χ1v) is 7.63. The quantitative estimate of drug-likeness (QED) is 0.745. The van der Waals surface area contributed by atoms with E-state index in [-0.39, 0.29) is 0 Å². The van der Waals surface area contributed by atoms with Crippen LogP contribution in [0.4, 0.5) is 0 Å². The number of hydrazine groups is 1. The number of carbonyl (C=O) groups excluding carboxylic acids is 1. The number of hydrogen-bond donors (Lipinski definition) is 0. The van der Waals surface area contributed by atoms with Gasteiger partial charge in [0, 0.05) is 40.0 Å². The highest BCUT2D eigenvalue weighted by Crippen LogP contribution is 2.24. The molecule has 20 heavy (non-hydrogen) atoms. The van der Waals surface area contributed by atoms with Crippen LogP contribution in [0.2, 0.25) is 0 Å². The van der Waals surface area contributed by atoms with E-state index in [0.29, 0.717) is 11.7 Å². The first-order chi connectivity index (χ1) is 9.65. The summed E-state index contributed by atoms with van der Waals surface area (Å²) in [5.74, 6) is 1.05. The second kappa shape index (κ2) is 7.55. The second-order valence-corrected chi connectivity index (χ2v) is 6.01. The molecule has 0 bridgehead atoms. The van der Waals surface area contributed by atoms with E-state index in [0.717, 1.165) is 38.8 Å². The van der Waals surface area contributed by atoms with Crippen LogP contribution < -0.4 is 0 Å². The molecule has 0 spiro atoms. The summed E-state index contributed by atoms with van der Waals surface area (Å²) in [6.07, 6.45) is 5.03. The van der Waals surface area contributed by atoms with Gasteiger partial charge in [0.1, 0.15) is 5.78 Å². The lowest BCUT2D eigenvalue weighted by Crippen LogP contribution is -2.38. The van der Waals surface area contributed by atoms with E-state index >= 15 is 0 Å². The molecule has 0 aromatic heterocycles. The van der Waals surface area contributed by atoms with Gasteiger partial charge in [-0.15, -0.1) is 0 Å². The van der Waals surface area contributed by atoms with Crippen LogP contribution in [0, 0.1) is 5.92 Å². The van der Waals surface area contributed by atoms with Gasteiger partial charge in [0.25, 0.3) is 0 Å². The zero-order valence-electron chi connectivity index (χ0n) is 12.7. The molecule has 0 amide bonds. The highest BCUT2D eigenvalue weighted by molar-refractivity contribution is 5.79. The van der Waals surface area contributed by atoms with Crippen molar-refractivity contribution in [3.63, 3.8) is 0 Å². The number of carbonyl (C=O) groups is 1. The number of ketones is 1. The minimum atomic E-state index is 0.459. The largest absolute Gasteiger partial charge is 0.300 e. The highest BCUT2D eigenvalue weighted by Gasteiger charge is 2.20. The summed E-state index contributed by atoms with van der Waals surface area (Å²) >= 11 is 0. The van der Waals surface area contributed by atoms with E-state index < -0.39 is 0 Å². The molecule has 1 aliphatic carbocycles. The normalized spacial score (nSPS) is 19.8. The summed E-state index contributed by atoms with van der Waals surface area (Å²) in [5.41, 5.74) is 1.33. The van der Waals surface area contributed by atoms with Crippen molar-refractivity contribution in [1.29, 1.82) is 0 Å². The fourth-order valence-corrected chi connectivity index (χ4v) is 2.91. The monoisotopic (exact) mass is 274 g/mol. The molecular weight excluding hydrogens is 248 g/mol. The fourth-order valence-electron chi connectivity index (χ4n) is 2.91. The van der Waals surface area contributed by atoms with Crippen LogP contribution in [0.1, 0.15) is 37.7 Å². The molecule has 0 N–H and O–H groups in total. The van der Waals surface area contributed by atoms with E-state index in [1.165, 1.54) is 12.0 Å². The number of rotatable bonds is 6. The van der Waals surface area contributed by atoms with Crippen LogP contribution in [0.3, 0.4) is 0 Å². The van der Waals surface area contributed by atoms with Crippen LogP contribution in [0.15, 0.2) is 30.3 Å². The Labute approximate surface area is 122 Å². The van der Waals surface area contributed by atoms with Gasteiger partial charge in [-0.2, -0.15) is 0 Å². The van der Waals surface area contributed by atoms with Crippen LogP contribution in [-0.2, 0) is 11.3 Å². The molecule has 110 valence electrons. The van der Waals surface area contributed by atoms with E-state index in [9.17, 15) is 4.79 Å². The van der Waals surface area contributed by atoms with Crippen LogP contribution in [-0.4, -0.2) is 36.4 Å². The van der Waals surface area contributed by atoms with Gasteiger partial charge in [0.05, 0.1) is 0 Å². The van der Waals surface area contributed by atoms with Gasteiger partial charge in [0.2, 0.25) is 0 Å². The van der Waals surface area contributed by atoms with Gasteiger partial charge in [-0.3, -0.25) is 4.79 Å². The molecule has 1 saturated carbocycles.